The first-order valence-electron chi connectivity index (χ1n) is 6.36. The fourth-order valence-corrected chi connectivity index (χ4v) is 3.74. The molecule has 0 saturated heterocycles. The number of hydrogen-bond acceptors (Lipinski definition) is 4. The molecule has 114 valence electrons. The molecule has 2 aliphatic carbocycles. The summed E-state index contributed by atoms with van der Waals surface area (Å²) in [7, 11) is -5.73. The number of alkyl halides is 3. The molecule has 0 aliphatic heterocycles. The second-order valence-electron chi connectivity index (χ2n) is 5.33. The summed E-state index contributed by atoms with van der Waals surface area (Å²) < 4.78 is 64.1. The van der Waals surface area contributed by atoms with Crippen molar-refractivity contribution < 1.29 is 30.6 Å². The van der Waals surface area contributed by atoms with Gasteiger partial charge in [-0.2, -0.15) is 21.6 Å². The zero-order valence-electron chi connectivity index (χ0n) is 10.7. The average Bonchev–Trinajstić information content (AvgIpc) is 2.97. The standard InChI is InChI=1S/C13H11F3O4S/c14-13(15,16)21(18,19)20-11-4-7(6-17)3-10-8-1-2-9(5-8)12(10)11/h3-4,6,8-9H,1-2,5H2. The molecule has 2 atom stereocenters. The molecule has 0 aromatic heterocycles. The van der Waals surface area contributed by atoms with Gasteiger partial charge in [0.25, 0.3) is 0 Å². The topological polar surface area (TPSA) is 60.4 Å². The summed E-state index contributed by atoms with van der Waals surface area (Å²) in [6.07, 6.45) is 2.92. The van der Waals surface area contributed by atoms with Gasteiger partial charge in [0.2, 0.25) is 0 Å². The number of hydrogen-bond donors (Lipinski definition) is 0. The molecule has 1 aromatic rings. The third-order valence-electron chi connectivity index (χ3n) is 4.10. The highest BCUT2D eigenvalue weighted by Gasteiger charge is 2.50. The molecule has 1 fully saturated rings. The van der Waals surface area contributed by atoms with Gasteiger partial charge in [-0.15, -0.1) is 0 Å². The molecule has 0 spiro atoms. The van der Waals surface area contributed by atoms with Crippen LogP contribution in [0.4, 0.5) is 13.2 Å². The van der Waals surface area contributed by atoms with Gasteiger partial charge in [0.1, 0.15) is 12.0 Å². The number of carbonyl (C=O) groups is 1. The van der Waals surface area contributed by atoms with Crippen LogP contribution in [-0.2, 0) is 10.1 Å². The quantitative estimate of drug-likeness (QED) is 0.488. The van der Waals surface area contributed by atoms with E-state index in [4.69, 9.17) is 0 Å². The van der Waals surface area contributed by atoms with Crippen molar-refractivity contribution in [3.8, 4) is 5.75 Å². The second-order valence-corrected chi connectivity index (χ2v) is 6.87. The summed E-state index contributed by atoms with van der Waals surface area (Å²) in [4.78, 5) is 10.9. The molecule has 2 unspecified atom stereocenters. The van der Waals surface area contributed by atoms with E-state index in [0.717, 1.165) is 30.9 Å². The Labute approximate surface area is 119 Å². The van der Waals surface area contributed by atoms with E-state index in [-0.39, 0.29) is 23.1 Å². The fourth-order valence-electron chi connectivity index (χ4n) is 3.27. The molecule has 4 nitrogen and oxygen atoms in total. The van der Waals surface area contributed by atoms with E-state index < -0.39 is 15.6 Å². The van der Waals surface area contributed by atoms with Gasteiger partial charge in [0.15, 0.2) is 0 Å². The summed E-state index contributed by atoms with van der Waals surface area (Å²) in [5.41, 5.74) is -4.13. The summed E-state index contributed by atoms with van der Waals surface area (Å²) in [5.74, 6) is -0.191. The van der Waals surface area contributed by atoms with Crippen molar-refractivity contribution in [1.82, 2.24) is 0 Å². The fraction of sp³-hybridized carbons (Fsp3) is 0.462. The van der Waals surface area contributed by atoms with Gasteiger partial charge in [0, 0.05) is 11.1 Å². The van der Waals surface area contributed by atoms with Gasteiger partial charge in [-0.25, -0.2) is 0 Å². The first-order chi connectivity index (χ1) is 9.73. The Hall–Kier alpha value is -1.57. The number of aldehydes is 1. The van der Waals surface area contributed by atoms with Crippen molar-refractivity contribution in [2.45, 2.75) is 36.6 Å². The number of carbonyl (C=O) groups excluding carboxylic acids is 1. The van der Waals surface area contributed by atoms with Crippen LogP contribution in [-0.4, -0.2) is 20.2 Å². The summed E-state index contributed by atoms with van der Waals surface area (Å²) >= 11 is 0. The van der Waals surface area contributed by atoms with Crippen LogP contribution >= 0.6 is 0 Å². The molecule has 3 rings (SSSR count). The minimum atomic E-state index is -5.73. The molecule has 2 bridgehead atoms. The Morgan fingerprint density at radius 3 is 2.48 bits per heavy atom. The van der Waals surface area contributed by atoms with Crippen LogP contribution in [0.2, 0.25) is 0 Å². The highest BCUT2D eigenvalue weighted by molar-refractivity contribution is 7.88. The van der Waals surface area contributed by atoms with Crippen LogP contribution in [0.15, 0.2) is 12.1 Å². The first-order valence-corrected chi connectivity index (χ1v) is 7.77. The summed E-state index contributed by atoms with van der Waals surface area (Å²) in [6.45, 7) is 0. The minimum Gasteiger partial charge on any atom is -0.376 e. The average molecular weight is 320 g/mol. The molecular weight excluding hydrogens is 309 g/mol. The van der Waals surface area contributed by atoms with Crippen LogP contribution in [0.1, 0.15) is 52.6 Å². The lowest BCUT2D eigenvalue weighted by molar-refractivity contribution is -0.0500. The Morgan fingerprint density at radius 2 is 1.86 bits per heavy atom. The van der Waals surface area contributed by atoms with E-state index in [2.05, 4.69) is 4.18 Å². The maximum atomic E-state index is 12.5. The predicted molar refractivity (Wildman–Crippen MR) is 66.8 cm³/mol. The van der Waals surface area contributed by atoms with Gasteiger partial charge >= 0.3 is 15.6 Å². The molecular formula is C13H11F3O4S. The summed E-state index contributed by atoms with van der Waals surface area (Å²) in [5, 5.41) is 0. The van der Waals surface area contributed by atoms with Crippen LogP contribution in [0.5, 0.6) is 5.75 Å². The zero-order chi connectivity index (χ0) is 15.4. The molecule has 8 heteroatoms. The van der Waals surface area contributed by atoms with Gasteiger partial charge in [0.05, 0.1) is 0 Å². The molecule has 1 aromatic carbocycles. The van der Waals surface area contributed by atoms with E-state index in [9.17, 15) is 26.4 Å². The van der Waals surface area contributed by atoms with Crippen LogP contribution in [0.25, 0.3) is 0 Å². The molecule has 21 heavy (non-hydrogen) atoms. The normalized spacial score (nSPS) is 24.0. The maximum absolute atomic E-state index is 12.5. The molecule has 1 saturated carbocycles. The summed E-state index contributed by atoms with van der Waals surface area (Å²) in [6, 6.07) is 2.68. The Bertz CT molecular complexity index is 709. The molecule has 0 heterocycles. The molecule has 0 N–H and O–H groups in total. The van der Waals surface area contributed by atoms with Crippen molar-refractivity contribution in [1.29, 1.82) is 0 Å². The lowest BCUT2D eigenvalue weighted by atomic mass is 9.90. The number of rotatable bonds is 3. The number of halogens is 3. The van der Waals surface area contributed by atoms with Gasteiger partial charge in [-0.05, 0) is 48.8 Å². The third kappa shape index (κ3) is 2.21. The Morgan fingerprint density at radius 1 is 1.19 bits per heavy atom. The molecule has 0 radical (unpaired) electrons. The minimum absolute atomic E-state index is 0.00383. The SMILES string of the molecule is O=Cc1cc(OS(=O)(=O)C(F)(F)F)c2c(c1)C1CCC2C1. The van der Waals surface area contributed by atoms with E-state index in [1.165, 1.54) is 0 Å². The van der Waals surface area contributed by atoms with Crippen molar-refractivity contribution in [3.63, 3.8) is 0 Å². The van der Waals surface area contributed by atoms with Crippen LogP contribution in [0, 0.1) is 0 Å². The molecule has 2 aliphatic rings. The van der Waals surface area contributed by atoms with E-state index in [1.54, 1.807) is 6.07 Å². The molecule has 0 amide bonds. The maximum Gasteiger partial charge on any atom is 0.534 e. The zero-order valence-corrected chi connectivity index (χ0v) is 11.5. The van der Waals surface area contributed by atoms with Crippen molar-refractivity contribution >= 4 is 16.4 Å². The highest BCUT2D eigenvalue weighted by atomic mass is 32.2. The first kappa shape index (κ1) is 14.4. The van der Waals surface area contributed by atoms with Crippen LogP contribution in [0.3, 0.4) is 0 Å². The monoisotopic (exact) mass is 320 g/mol. The second kappa shape index (κ2) is 4.46. The van der Waals surface area contributed by atoms with Crippen molar-refractivity contribution in [3.05, 3.63) is 28.8 Å². The number of benzene rings is 1. The largest absolute Gasteiger partial charge is 0.534 e. The van der Waals surface area contributed by atoms with Crippen LogP contribution < -0.4 is 4.18 Å². The van der Waals surface area contributed by atoms with Gasteiger partial charge in [-0.1, -0.05) is 0 Å². The predicted octanol–water partition coefficient (Wildman–Crippen LogP) is 3.09. The smallest absolute Gasteiger partial charge is 0.376 e. The van der Waals surface area contributed by atoms with E-state index >= 15 is 0 Å². The third-order valence-corrected chi connectivity index (χ3v) is 5.06. The Balaban J connectivity index is 2.10. The Kier molecular flexibility index (Phi) is 3.05. The highest BCUT2D eigenvalue weighted by Crippen LogP contribution is 2.56. The van der Waals surface area contributed by atoms with Crippen molar-refractivity contribution in [2.24, 2.45) is 0 Å². The van der Waals surface area contributed by atoms with Gasteiger partial charge in [-0.3, -0.25) is 4.79 Å². The van der Waals surface area contributed by atoms with E-state index in [0.29, 0.717) is 11.8 Å². The lowest BCUT2D eigenvalue weighted by Gasteiger charge is -2.20. The van der Waals surface area contributed by atoms with Crippen molar-refractivity contribution in [2.75, 3.05) is 0 Å². The van der Waals surface area contributed by atoms with E-state index in [1.807, 2.05) is 0 Å². The lowest BCUT2D eigenvalue weighted by Crippen LogP contribution is -2.28. The van der Waals surface area contributed by atoms with Gasteiger partial charge < -0.3 is 4.18 Å². The number of fused-ring (bicyclic) bond motifs is 5.